The fraction of sp³-hybridized carbons (Fsp3) is 0.278. The number of ether oxygens (including phenoxy) is 1. The third-order valence-electron chi connectivity index (χ3n) is 3.90. The normalized spacial score (nSPS) is 20.2. The number of hydroxylamine groups is 1. The summed E-state index contributed by atoms with van der Waals surface area (Å²) in [4.78, 5) is 17.3. The summed E-state index contributed by atoms with van der Waals surface area (Å²) < 4.78 is 43.1. The van der Waals surface area contributed by atoms with E-state index in [-0.39, 0.29) is 18.2 Å². The van der Waals surface area contributed by atoms with Crippen LogP contribution in [0.3, 0.4) is 0 Å². The van der Waals surface area contributed by atoms with Crippen LogP contribution in [0.1, 0.15) is 28.4 Å². The van der Waals surface area contributed by atoms with Crippen LogP contribution in [0.25, 0.3) is 0 Å². The van der Waals surface area contributed by atoms with E-state index >= 15 is 0 Å². The van der Waals surface area contributed by atoms with Crippen LogP contribution in [0.4, 0.5) is 18.9 Å². The third kappa shape index (κ3) is 4.31. The molecule has 2 unspecified atom stereocenters. The van der Waals surface area contributed by atoms with Gasteiger partial charge < -0.3 is 4.74 Å². The molecular formula is C18H16F3NO3S. The molecule has 3 rings (SSSR count). The van der Waals surface area contributed by atoms with Crippen LogP contribution in [-0.4, -0.2) is 24.0 Å². The maximum absolute atomic E-state index is 12.8. The number of anilines is 1. The monoisotopic (exact) mass is 383 g/mol. The lowest BCUT2D eigenvalue weighted by molar-refractivity contribution is -0.0362. The Balaban J connectivity index is 1.92. The van der Waals surface area contributed by atoms with Gasteiger partial charge in [-0.3, -0.25) is 4.84 Å². The Morgan fingerprint density at radius 2 is 1.92 bits per heavy atom. The van der Waals surface area contributed by atoms with Crippen molar-refractivity contribution in [3.05, 3.63) is 65.7 Å². The molecule has 1 heterocycles. The highest BCUT2D eigenvalue weighted by Gasteiger charge is 2.42. The third-order valence-corrected chi connectivity index (χ3v) is 4.71. The molecule has 0 aliphatic carbocycles. The maximum Gasteiger partial charge on any atom is 0.444 e. The number of halogens is 3. The standard InChI is InChI=1S/C18H16F3NO3S/c1-24-17(23)13-7-5-6-12(10-13)15-11-16(26-18(19,20)21)25-22(15)14-8-3-2-4-9-14/h2-10,15-16H,11H2,1H3. The van der Waals surface area contributed by atoms with Crippen molar-refractivity contribution < 1.29 is 27.5 Å². The summed E-state index contributed by atoms with van der Waals surface area (Å²) in [5.41, 5.74) is -3.80. The largest absolute Gasteiger partial charge is 0.465 e. The number of benzene rings is 2. The predicted octanol–water partition coefficient (Wildman–Crippen LogP) is 4.94. The summed E-state index contributed by atoms with van der Waals surface area (Å²) >= 11 is -0.179. The molecule has 26 heavy (non-hydrogen) atoms. The lowest BCUT2D eigenvalue weighted by Gasteiger charge is -2.25. The van der Waals surface area contributed by atoms with Crippen LogP contribution < -0.4 is 5.06 Å². The number of hydrogen-bond donors (Lipinski definition) is 0. The van der Waals surface area contributed by atoms with Gasteiger partial charge in [-0.25, -0.2) is 9.86 Å². The molecule has 0 amide bonds. The van der Waals surface area contributed by atoms with E-state index in [0.29, 0.717) is 16.8 Å². The average Bonchev–Trinajstić information content (AvgIpc) is 3.04. The van der Waals surface area contributed by atoms with Crippen molar-refractivity contribution in [2.24, 2.45) is 0 Å². The van der Waals surface area contributed by atoms with E-state index in [1.54, 1.807) is 48.5 Å². The Hall–Kier alpha value is -2.19. The average molecular weight is 383 g/mol. The number of carbonyl (C=O) groups is 1. The smallest absolute Gasteiger partial charge is 0.444 e. The number of carbonyl (C=O) groups excluding carboxylic acids is 1. The highest BCUT2D eigenvalue weighted by molar-refractivity contribution is 8.00. The van der Waals surface area contributed by atoms with E-state index in [1.807, 2.05) is 6.07 Å². The minimum absolute atomic E-state index is 0.129. The van der Waals surface area contributed by atoms with Crippen molar-refractivity contribution >= 4 is 23.4 Å². The molecule has 0 spiro atoms. The molecule has 1 aliphatic heterocycles. The number of thioether (sulfide) groups is 1. The van der Waals surface area contributed by atoms with Crippen molar-refractivity contribution in [3.63, 3.8) is 0 Å². The summed E-state index contributed by atoms with van der Waals surface area (Å²) in [6, 6.07) is 15.1. The minimum atomic E-state index is -4.39. The summed E-state index contributed by atoms with van der Waals surface area (Å²) in [6.45, 7) is 0. The molecule has 4 nitrogen and oxygen atoms in total. The molecule has 1 aliphatic rings. The van der Waals surface area contributed by atoms with E-state index in [1.165, 1.54) is 12.2 Å². The summed E-state index contributed by atoms with van der Waals surface area (Å²) in [6.07, 6.45) is 0.129. The molecule has 0 radical (unpaired) electrons. The second-order valence-corrected chi connectivity index (χ2v) is 6.85. The van der Waals surface area contributed by atoms with Crippen LogP contribution in [0.5, 0.6) is 0 Å². The van der Waals surface area contributed by atoms with Gasteiger partial charge in [0.25, 0.3) is 0 Å². The lowest BCUT2D eigenvalue weighted by Crippen LogP contribution is -2.22. The van der Waals surface area contributed by atoms with Gasteiger partial charge in [-0.15, -0.1) is 0 Å². The van der Waals surface area contributed by atoms with Gasteiger partial charge in [0.05, 0.1) is 24.4 Å². The quantitative estimate of drug-likeness (QED) is 0.700. The first-order valence-electron chi connectivity index (χ1n) is 7.81. The molecule has 0 saturated carbocycles. The zero-order chi connectivity index (χ0) is 18.7. The van der Waals surface area contributed by atoms with Crippen LogP contribution in [0, 0.1) is 0 Å². The van der Waals surface area contributed by atoms with Crippen molar-refractivity contribution in [2.45, 2.75) is 23.4 Å². The van der Waals surface area contributed by atoms with Gasteiger partial charge >= 0.3 is 11.5 Å². The van der Waals surface area contributed by atoms with Crippen LogP contribution in [0.15, 0.2) is 54.6 Å². The van der Waals surface area contributed by atoms with Gasteiger partial charge in [-0.2, -0.15) is 13.2 Å². The first-order valence-corrected chi connectivity index (χ1v) is 8.69. The number of rotatable bonds is 4. The highest BCUT2D eigenvalue weighted by atomic mass is 32.2. The molecule has 138 valence electrons. The Kier molecular flexibility index (Phi) is 5.43. The molecule has 0 aromatic heterocycles. The fourth-order valence-corrected chi connectivity index (χ4v) is 3.53. The SMILES string of the molecule is COC(=O)c1cccc(C2CC(SC(F)(F)F)ON2c2ccccc2)c1. The number of methoxy groups -OCH3 is 1. The minimum Gasteiger partial charge on any atom is -0.465 e. The molecule has 2 aromatic rings. The number of esters is 1. The Morgan fingerprint density at radius 3 is 2.58 bits per heavy atom. The van der Waals surface area contributed by atoms with Gasteiger partial charge in [0.15, 0.2) is 0 Å². The van der Waals surface area contributed by atoms with Crippen molar-refractivity contribution in [1.29, 1.82) is 0 Å². The topological polar surface area (TPSA) is 38.8 Å². The van der Waals surface area contributed by atoms with E-state index in [4.69, 9.17) is 9.57 Å². The van der Waals surface area contributed by atoms with E-state index in [0.717, 1.165) is 0 Å². The summed E-state index contributed by atoms with van der Waals surface area (Å²) in [5.74, 6) is -0.502. The fourth-order valence-electron chi connectivity index (χ4n) is 2.82. The molecule has 1 fully saturated rings. The van der Waals surface area contributed by atoms with Crippen molar-refractivity contribution in [3.8, 4) is 0 Å². The van der Waals surface area contributed by atoms with E-state index in [9.17, 15) is 18.0 Å². The zero-order valence-electron chi connectivity index (χ0n) is 13.8. The zero-order valence-corrected chi connectivity index (χ0v) is 14.6. The highest BCUT2D eigenvalue weighted by Crippen LogP contribution is 2.46. The second kappa shape index (κ2) is 7.59. The van der Waals surface area contributed by atoms with Crippen molar-refractivity contribution in [1.82, 2.24) is 0 Å². The van der Waals surface area contributed by atoms with Gasteiger partial charge in [0.1, 0.15) is 5.44 Å². The van der Waals surface area contributed by atoms with Crippen LogP contribution >= 0.6 is 11.8 Å². The molecule has 1 saturated heterocycles. The maximum atomic E-state index is 12.8. The Morgan fingerprint density at radius 1 is 1.19 bits per heavy atom. The first kappa shape index (κ1) is 18.6. The number of hydrogen-bond acceptors (Lipinski definition) is 5. The van der Waals surface area contributed by atoms with Gasteiger partial charge in [-0.05, 0) is 41.6 Å². The van der Waals surface area contributed by atoms with Gasteiger partial charge in [0.2, 0.25) is 0 Å². The van der Waals surface area contributed by atoms with Crippen LogP contribution in [-0.2, 0) is 9.57 Å². The van der Waals surface area contributed by atoms with Crippen molar-refractivity contribution in [2.75, 3.05) is 12.2 Å². The predicted molar refractivity (Wildman–Crippen MR) is 92.6 cm³/mol. The lowest BCUT2D eigenvalue weighted by atomic mass is 10.0. The summed E-state index contributed by atoms with van der Waals surface area (Å²) in [5, 5.41) is 1.47. The first-order chi connectivity index (χ1) is 12.4. The molecule has 0 N–H and O–H groups in total. The van der Waals surface area contributed by atoms with Gasteiger partial charge in [0, 0.05) is 6.42 Å². The van der Waals surface area contributed by atoms with E-state index in [2.05, 4.69) is 0 Å². The second-order valence-electron chi connectivity index (χ2n) is 5.63. The molecule has 0 bridgehead atoms. The molecular weight excluding hydrogens is 367 g/mol. The number of nitrogens with zero attached hydrogens (tertiary/aromatic N) is 1. The van der Waals surface area contributed by atoms with E-state index < -0.39 is 23.0 Å². The Labute approximate surface area is 152 Å². The molecule has 8 heteroatoms. The summed E-state index contributed by atoms with van der Waals surface area (Å²) in [7, 11) is 1.28. The number of alkyl halides is 3. The molecule has 2 aromatic carbocycles. The molecule has 2 atom stereocenters. The number of para-hydroxylation sites is 1. The Bertz CT molecular complexity index is 770. The van der Waals surface area contributed by atoms with Gasteiger partial charge in [-0.1, -0.05) is 30.3 Å². The van der Waals surface area contributed by atoms with Crippen LogP contribution in [0.2, 0.25) is 0 Å².